The fourth-order valence-electron chi connectivity index (χ4n) is 5.75. The molecule has 2 aliphatic carbocycles. The van der Waals surface area contributed by atoms with Crippen LogP contribution in [0.2, 0.25) is 0 Å². The molecule has 3 fully saturated rings. The smallest absolute Gasteiger partial charge is 0.408 e. The molecule has 12 heteroatoms. The second kappa shape index (κ2) is 12.6. The molecule has 1 aliphatic heterocycles. The van der Waals surface area contributed by atoms with Crippen LogP contribution in [0, 0.1) is 11.3 Å². The molecule has 1 aromatic heterocycles. The molecule has 250 valence electrons. The van der Waals surface area contributed by atoms with Crippen LogP contribution in [0.3, 0.4) is 0 Å². The summed E-state index contributed by atoms with van der Waals surface area (Å²) in [4.78, 5) is 52.0. The number of rotatable bonds is 10. The summed E-state index contributed by atoms with van der Waals surface area (Å²) in [6.45, 7) is 14.8. The van der Waals surface area contributed by atoms with E-state index >= 15 is 0 Å². The Bertz CT molecular complexity index is 1510. The van der Waals surface area contributed by atoms with Crippen LogP contribution >= 0.6 is 0 Å². The molecule has 3 aliphatic rings. The van der Waals surface area contributed by atoms with Gasteiger partial charge in [-0.15, -0.1) is 6.58 Å². The van der Waals surface area contributed by atoms with Gasteiger partial charge in [-0.1, -0.05) is 26.8 Å². The van der Waals surface area contributed by atoms with Gasteiger partial charge in [-0.2, -0.15) is 4.98 Å². The number of carbonyl (C=O) groups is 3. The molecule has 0 bridgehead atoms. The molecule has 4 unspecified atom stereocenters. The van der Waals surface area contributed by atoms with Crippen LogP contribution in [0.5, 0.6) is 17.4 Å². The van der Waals surface area contributed by atoms with E-state index in [9.17, 15) is 14.4 Å². The Labute approximate surface area is 270 Å². The first-order valence-corrected chi connectivity index (χ1v) is 15.9. The van der Waals surface area contributed by atoms with E-state index in [1.165, 1.54) is 4.90 Å². The van der Waals surface area contributed by atoms with E-state index in [4.69, 9.17) is 28.9 Å². The lowest BCUT2D eigenvalue weighted by molar-refractivity contribution is -0.142. The fraction of sp³-hybridized carbons (Fsp3) is 0.618. The standard InChI is InChI=1S/C34H47N5O7/c1-10-18-13-22(18)36-29(40)24-14-20(17-39(24)31(41)27(33(2,3)4)37-32(42)46-34(5,6)7)45-30-21-15-25(43-8)26(44-9)16-23(21)35-28(38-30)19-11-12-19/h10,15-16,18-20,22,24,27H,1,11-14,17H2,2-9H3,(H,36,40)(H,37,42)/t18?,20-,22?,24?,27?/m1/s1. The Kier molecular flexibility index (Phi) is 9.12. The molecule has 0 radical (unpaired) electrons. The minimum absolute atomic E-state index is 0.0189. The SMILES string of the molecule is C=CC1CC1NC(=O)C1C[C@@H](Oc2nc(C3CC3)nc3cc(OC)c(OC)cc23)CN1C(=O)C(NC(=O)OC(C)(C)C)C(C)(C)C. The summed E-state index contributed by atoms with van der Waals surface area (Å²) in [6, 6.07) is 1.79. The summed E-state index contributed by atoms with van der Waals surface area (Å²) >= 11 is 0. The van der Waals surface area contributed by atoms with Crippen LogP contribution in [0.15, 0.2) is 24.8 Å². The first kappa shape index (κ1) is 33.3. The number of likely N-dealkylation sites (tertiary alicyclic amines) is 1. The molecule has 2 N–H and O–H groups in total. The van der Waals surface area contributed by atoms with Crippen LogP contribution in [-0.2, 0) is 14.3 Å². The number of nitrogens with one attached hydrogen (secondary N) is 2. The zero-order chi connectivity index (χ0) is 33.6. The number of hydrogen-bond acceptors (Lipinski definition) is 9. The summed E-state index contributed by atoms with van der Waals surface area (Å²) in [7, 11) is 3.13. The number of ether oxygens (including phenoxy) is 4. The number of nitrogens with zero attached hydrogens (tertiary/aromatic N) is 3. The highest BCUT2D eigenvalue weighted by Crippen LogP contribution is 2.42. The van der Waals surface area contributed by atoms with Crippen LogP contribution in [0.1, 0.15) is 79.0 Å². The van der Waals surface area contributed by atoms with Crippen molar-refractivity contribution in [2.45, 2.75) is 103 Å². The molecule has 3 amide bonds. The van der Waals surface area contributed by atoms with Crippen molar-refractivity contribution >= 4 is 28.8 Å². The molecule has 12 nitrogen and oxygen atoms in total. The van der Waals surface area contributed by atoms with Gasteiger partial charge in [0.2, 0.25) is 17.7 Å². The second-order valence-electron chi connectivity index (χ2n) is 14.6. The Morgan fingerprint density at radius 1 is 1.02 bits per heavy atom. The Balaban J connectivity index is 1.46. The summed E-state index contributed by atoms with van der Waals surface area (Å²) in [6.07, 6.45) is 3.61. The van der Waals surface area contributed by atoms with Crippen molar-refractivity contribution in [1.82, 2.24) is 25.5 Å². The average molecular weight is 638 g/mol. The predicted molar refractivity (Wildman–Crippen MR) is 172 cm³/mol. The summed E-state index contributed by atoms with van der Waals surface area (Å²) in [5.74, 6) is 1.90. The lowest BCUT2D eigenvalue weighted by Gasteiger charge is -2.35. The molecule has 0 spiro atoms. The Morgan fingerprint density at radius 3 is 2.26 bits per heavy atom. The monoisotopic (exact) mass is 637 g/mol. The lowest BCUT2D eigenvalue weighted by Crippen LogP contribution is -2.58. The van der Waals surface area contributed by atoms with E-state index in [2.05, 4.69) is 17.2 Å². The first-order valence-electron chi connectivity index (χ1n) is 15.9. The lowest BCUT2D eigenvalue weighted by atomic mass is 9.85. The van der Waals surface area contributed by atoms with Crippen LogP contribution in [0.4, 0.5) is 4.79 Å². The molecular formula is C34H47N5O7. The summed E-state index contributed by atoms with van der Waals surface area (Å²) < 4.78 is 23.1. The zero-order valence-corrected chi connectivity index (χ0v) is 28.1. The first-order chi connectivity index (χ1) is 21.6. The van der Waals surface area contributed by atoms with Gasteiger partial charge < -0.3 is 34.5 Å². The van der Waals surface area contributed by atoms with Gasteiger partial charge in [-0.25, -0.2) is 9.78 Å². The number of carbonyl (C=O) groups excluding carboxylic acids is 3. The van der Waals surface area contributed by atoms with E-state index in [1.807, 2.05) is 26.8 Å². The highest BCUT2D eigenvalue weighted by molar-refractivity contribution is 5.93. The van der Waals surface area contributed by atoms with Crippen LogP contribution < -0.4 is 24.8 Å². The van der Waals surface area contributed by atoms with E-state index in [0.29, 0.717) is 34.1 Å². The third kappa shape index (κ3) is 7.47. The summed E-state index contributed by atoms with van der Waals surface area (Å²) in [5, 5.41) is 6.49. The van der Waals surface area contributed by atoms with E-state index < -0.39 is 41.2 Å². The van der Waals surface area contributed by atoms with Gasteiger partial charge in [0, 0.05) is 24.4 Å². The topological polar surface area (TPSA) is 141 Å². The van der Waals surface area contributed by atoms with Crippen molar-refractivity contribution < 1.29 is 33.3 Å². The van der Waals surface area contributed by atoms with Crippen molar-refractivity contribution in [3.8, 4) is 17.4 Å². The summed E-state index contributed by atoms with van der Waals surface area (Å²) in [5.41, 5.74) is -0.776. The number of methoxy groups -OCH3 is 2. The molecule has 46 heavy (non-hydrogen) atoms. The average Bonchev–Trinajstić information content (AvgIpc) is 3.91. The molecule has 5 rings (SSSR count). The molecule has 1 saturated heterocycles. The molecule has 2 aromatic rings. The van der Waals surface area contributed by atoms with Gasteiger partial charge in [0.15, 0.2) is 11.5 Å². The molecule has 2 heterocycles. The quantitative estimate of drug-likeness (QED) is 0.360. The molecule has 2 saturated carbocycles. The number of hydrogen-bond donors (Lipinski definition) is 2. The van der Waals surface area contributed by atoms with Gasteiger partial charge in [0.05, 0.1) is 31.7 Å². The predicted octanol–water partition coefficient (Wildman–Crippen LogP) is 4.50. The van der Waals surface area contributed by atoms with Crippen LogP contribution in [-0.4, -0.2) is 83.4 Å². The van der Waals surface area contributed by atoms with Gasteiger partial charge >= 0.3 is 6.09 Å². The van der Waals surface area contributed by atoms with Crippen molar-refractivity contribution in [2.24, 2.45) is 11.3 Å². The van der Waals surface area contributed by atoms with Crippen molar-refractivity contribution in [3.63, 3.8) is 0 Å². The number of benzene rings is 1. The van der Waals surface area contributed by atoms with Gasteiger partial charge in [0.25, 0.3) is 0 Å². The minimum atomic E-state index is -0.962. The van der Waals surface area contributed by atoms with E-state index in [0.717, 1.165) is 19.3 Å². The molecular weight excluding hydrogens is 590 g/mol. The maximum absolute atomic E-state index is 14.3. The van der Waals surface area contributed by atoms with Gasteiger partial charge in [0.1, 0.15) is 29.6 Å². The third-order valence-electron chi connectivity index (χ3n) is 8.50. The maximum atomic E-state index is 14.3. The molecule has 1 aromatic carbocycles. The number of aromatic nitrogens is 2. The van der Waals surface area contributed by atoms with Crippen molar-refractivity contribution in [3.05, 3.63) is 30.6 Å². The maximum Gasteiger partial charge on any atom is 0.408 e. The van der Waals surface area contributed by atoms with Crippen molar-refractivity contribution in [1.29, 1.82) is 0 Å². The largest absolute Gasteiger partial charge is 0.493 e. The van der Waals surface area contributed by atoms with E-state index in [1.54, 1.807) is 47.1 Å². The fourth-order valence-corrected chi connectivity index (χ4v) is 5.75. The number of amides is 3. The minimum Gasteiger partial charge on any atom is -0.493 e. The number of fused-ring (bicyclic) bond motifs is 1. The third-order valence-corrected chi connectivity index (χ3v) is 8.50. The van der Waals surface area contributed by atoms with Crippen LogP contribution in [0.25, 0.3) is 10.9 Å². The van der Waals surface area contributed by atoms with E-state index in [-0.39, 0.29) is 36.8 Å². The normalized spacial score (nSPS) is 23.3. The van der Waals surface area contributed by atoms with Crippen molar-refractivity contribution in [2.75, 3.05) is 20.8 Å². The molecule has 5 atom stereocenters. The van der Waals surface area contributed by atoms with Gasteiger partial charge in [-0.3, -0.25) is 9.59 Å². The zero-order valence-electron chi connectivity index (χ0n) is 28.1. The second-order valence-corrected chi connectivity index (χ2v) is 14.6. The Morgan fingerprint density at radius 2 is 1.70 bits per heavy atom. The number of alkyl carbamates (subject to hydrolysis) is 1. The highest BCUT2D eigenvalue weighted by Gasteiger charge is 2.48. The van der Waals surface area contributed by atoms with Gasteiger partial charge in [-0.05, 0) is 57.4 Å². The Hall–Kier alpha value is -4.09. The highest BCUT2D eigenvalue weighted by atomic mass is 16.6.